The zero-order valence-corrected chi connectivity index (χ0v) is 15.3. The van der Waals surface area contributed by atoms with Crippen molar-refractivity contribution in [2.24, 2.45) is 0 Å². The largest absolute Gasteiger partial charge is 0.480 e. The van der Waals surface area contributed by atoms with Gasteiger partial charge in [0, 0.05) is 24.2 Å². The summed E-state index contributed by atoms with van der Waals surface area (Å²) in [7, 11) is 1.68. The Bertz CT molecular complexity index is 840. The van der Waals surface area contributed by atoms with E-state index in [1.807, 2.05) is 60.7 Å². The quantitative estimate of drug-likeness (QED) is 0.594. The molecule has 1 unspecified atom stereocenters. The number of carbonyl (C=O) groups is 1. The second-order valence-electron chi connectivity index (χ2n) is 5.79. The van der Waals surface area contributed by atoms with Crippen LogP contribution >= 0.6 is 11.2 Å². The Morgan fingerprint density at radius 2 is 1.81 bits per heavy atom. The van der Waals surface area contributed by atoms with E-state index in [4.69, 9.17) is 4.18 Å². The van der Waals surface area contributed by atoms with Crippen molar-refractivity contribution >= 4 is 17.1 Å². The van der Waals surface area contributed by atoms with Crippen molar-refractivity contribution in [3.63, 3.8) is 0 Å². The highest BCUT2D eigenvalue weighted by Gasteiger charge is 2.22. The fourth-order valence-electron chi connectivity index (χ4n) is 2.67. The SMILES string of the molecule is CO[SH](Cc1cn([C@H](Cc2ccccc2)C(=O)O)nn1)c1ccccc1. The van der Waals surface area contributed by atoms with Gasteiger partial charge in [-0.15, -0.1) is 16.3 Å². The molecule has 0 aliphatic rings. The standard InChI is InChI=1S/C19H21N3O3S/c1-25-26(17-10-6-3-7-11-17)14-16-13-22(21-20-16)18(19(23)24)12-15-8-4-2-5-9-15/h2-11,13,18,26H,12,14H2,1H3,(H,23,24)/t18-/m1/s1. The number of hydrogen-bond donors (Lipinski definition) is 2. The monoisotopic (exact) mass is 371 g/mol. The van der Waals surface area contributed by atoms with Crippen LogP contribution < -0.4 is 0 Å². The summed E-state index contributed by atoms with van der Waals surface area (Å²) < 4.78 is 7.05. The van der Waals surface area contributed by atoms with Crippen LogP contribution in [0.3, 0.4) is 0 Å². The Morgan fingerprint density at radius 1 is 1.15 bits per heavy atom. The molecule has 1 N–H and O–H groups in total. The fraction of sp³-hybridized carbons (Fsp3) is 0.211. The van der Waals surface area contributed by atoms with Gasteiger partial charge in [0.05, 0.1) is 11.9 Å². The van der Waals surface area contributed by atoms with Gasteiger partial charge in [0.15, 0.2) is 6.04 Å². The highest BCUT2D eigenvalue weighted by molar-refractivity contribution is 8.12. The molecule has 136 valence electrons. The molecular formula is C19H21N3O3S. The Labute approximate surface area is 155 Å². The summed E-state index contributed by atoms with van der Waals surface area (Å²) in [5.41, 5.74) is 1.67. The lowest BCUT2D eigenvalue weighted by Gasteiger charge is -2.18. The van der Waals surface area contributed by atoms with Gasteiger partial charge in [-0.25, -0.2) is 9.48 Å². The molecule has 2 aromatic carbocycles. The number of carboxylic acids is 1. The van der Waals surface area contributed by atoms with Crippen LogP contribution in [0.5, 0.6) is 0 Å². The molecule has 26 heavy (non-hydrogen) atoms. The molecule has 7 heteroatoms. The summed E-state index contributed by atoms with van der Waals surface area (Å²) in [6.45, 7) is 0. The number of thiol groups is 1. The first-order valence-electron chi connectivity index (χ1n) is 8.21. The van der Waals surface area contributed by atoms with Crippen LogP contribution in [-0.4, -0.2) is 33.2 Å². The van der Waals surface area contributed by atoms with Crippen molar-refractivity contribution in [2.75, 3.05) is 7.11 Å². The van der Waals surface area contributed by atoms with Crippen LogP contribution in [0.4, 0.5) is 0 Å². The molecule has 0 amide bonds. The molecule has 1 heterocycles. The average Bonchev–Trinajstić information content (AvgIpc) is 3.13. The van der Waals surface area contributed by atoms with Gasteiger partial charge in [-0.2, -0.15) is 0 Å². The van der Waals surface area contributed by atoms with E-state index in [2.05, 4.69) is 10.3 Å². The molecule has 0 saturated heterocycles. The maximum Gasteiger partial charge on any atom is 0.328 e. The zero-order valence-electron chi connectivity index (χ0n) is 14.4. The summed E-state index contributed by atoms with van der Waals surface area (Å²) in [6, 6.07) is 18.7. The van der Waals surface area contributed by atoms with E-state index in [-0.39, 0.29) is 0 Å². The minimum Gasteiger partial charge on any atom is -0.480 e. The summed E-state index contributed by atoms with van der Waals surface area (Å²) in [5.74, 6) is -0.338. The zero-order chi connectivity index (χ0) is 18.4. The number of hydrogen-bond acceptors (Lipinski definition) is 4. The first kappa shape index (κ1) is 18.2. The van der Waals surface area contributed by atoms with Crippen LogP contribution in [0.25, 0.3) is 0 Å². The highest BCUT2D eigenvalue weighted by Crippen LogP contribution is 2.39. The van der Waals surface area contributed by atoms with Crippen LogP contribution in [0.15, 0.2) is 71.8 Å². The Morgan fingerprint density at radius 3 is 2.42 bits per heavy atom. The van der Waals surface area contributed by atoms with E-state index < -0.39 is 23.2 Å². The molecule has 0 spiro atoms. The fourth-order valence-corrected chi connectivity index (χ4v) is 4.14. The smallest absolute Gasteiger partial charge is 0.328 e. The predicted octanol–water partition coefficient (Wildman–Crippen LogP) is 3.27. The number of carboxylic acid groups (broad SMARTS) is 1. The van der Waals surface area contributed by atoms with E-state index in [0.29, 0.717) is 12.2 Å². The Kier molecular flexibility index (Phi) is 6.04. The molecule has 1 aromatic heterocycles. The summed E-state index contributed by atoms with van der Waals surface area (Å²) in [6.07, 6.45) is 2.07. The number of aliphatic carboxylic acids is 1. The van der Waals surface area contributed by atoms with Gasteiger partial charge in [0.25, 0.3) is 0 Å². The second kappa shape index (κ2) is 8.64. The summed E-state index contributed by atoms with van der Waals surface area (Å²) >= 11 is -0.862. The van der Waals surface area contributed by atoms with Crippen LogP contribution in [0, 0.1) is 0 Å². The van der Waals surface area contributed by atoms with Gasteiger partial charge in [0.2, 0.25) is 0 Å². The third-order valence-electron chi connectivity index (χ3n) is 4.00. The van der Waals surface area contributed by atoms with Gasteiger partial charge in [-0.1, -0.05) is 53.7 Å². The molecule has 0 radical (unpaired) electrons. The number of benzene rings is 2. The normalized spacial score (nSPS) is 14.0. The first-order chi connectivity index (χ1) is 12.7. The van der Waals surface area contributed by atoms with Crippen molar-refractivity contribution in [2.45, 2.75) is 23.1 Å². The minimum absolute atomic E-state index is 0.358. The van der Waals surface area contributed by atoms with E-state index in [9.17, 15) is 9.90 Å². The molecule has 0 bridgehead atoms. The first-order valence-corrected chi connectivity index (χ1v) is 9.66. The van der Waals surface area contributed by atoms with E-state index >= 15 is 0 Å². The molecule has 6 nitrogen and oxygen atoms in total. The molecular weight excluding hydrogens is 350 g/mol. The molecule has 2 atom stereocenters. The highest BCUT2D eigenvalue weighted by atomic mass is 32.2. The van der Waals surface area contributed by atoms with Gasteiger partial charge in [-0.05, 0) is 17.7 Å². The van der Waals surface area contributed by atoms with Gasteiger partial charge < -0.3 is 9.29 Å². The van der Waals surface area contributed by atoms with Crippen molar-refractivity contribution in [1.82, 2.24) is 15.0 Å². The number of nitrogens with zero attached hydrogens (tertiary/aromatic N) is 3. The topological polar surface area (TPSA) is 77.2 Å². The minimum atomic E-state index is -0.928. The molecule has 3 aromatic rings. The number of aromatic nitrogens is 3. The molecule has 0 aliphatic carbocycles. The lowest BCUT2D eigenvalue weighted by atomic mass is 10.1. The van der Waals surface area contributed by atoms with E-state index in [0.717, 1.165) is 16.2 Å². The lowest BCUT2D eigenvalue weighted by molar-refractivity contribution is -0.141. The second-order valence-corrected chi connectivity index (χ2v) is 7.74. The van der Waals surface area contributed by atoms with Gasteiger partial charge >= 0.3 is 5.97 Å². The molecule has 0 fully saturated rings. The Balaban J connectivity index is 1.75. The third kappa shape index (κ3) is 4.50. The summed E-state index contributed by atoms with van der Waals surface area (Å²) in [5, 5.41) is 17.8. The third-order valence-corrected chi connectivity index (χ3v) is 5.93. The van der Waals surface area contributed by atoms with Crippen LogP contribution in [0.2, 0.25) is 0 Å². The maximum absolute atomic E-state index is 11.7. The summed E-state index contributed by atoms with van der Waals surface area (Å²) in [4.78, 5) is 12.8. The molecule has 0 saturated carbocycles. The maximum atomic E-state index is 11.7. The van der Waals surface area contributed by atoms with Gasteiger partial charge in [0.1, 0.15) is 0 Å². The van der Waals surface area contributed by atoms with Gasteiger partial charge in [-0.3, -0.25) is 0 Å². The van der Waals surface area contributed by atoms with Crippen molar-refractivity contribution in [3.05, 3.63) is 78.1 Å². The van der Waals surface area contributed by atoms with E-state index in [1.165, 1.54) is 4.68 Å². The van der Waals surface area contributed by atoms with E-state index in [1.54, 1.807) is 13.3 Å². The molecule has 0 aliphatic heterocycles. The van der Waals surface area contributed by atoms with Crippen molar-refractivity contribution < 1.29 is 14.1 Å². The van der Waals surface area contributed by atoms with Crippen LogP contribution in [-0.2, 0) is 21.2 Å². The van der Waals surface area contributed by atoms with Crippen molar-refractivity contribution in [1.29, 1.82) is 0 Å². The number of rotatable bonds is 8. The van der Waals surface area contributed by atoms with Crippen molar-refractivity contribution in [3.8, 4) is 0 Å². The van der Waals surface area contributed by atoms with Crippen LogP contribution in [0.1, 0.15) is 17.3 Å². The lowest BCUT2D eigenvalue weighted by Crippen LogP contribution is -2.22. The average molecular weight is 371 g/mol. The Hall–Kier alpha value is -2.64. The molecule has 3 rings (SSSR count). The predicted molar refractivity (Wildman–Crippen MR) is 101 cm³/mol.